The predicted octanol–water partition coefficient (Wildman–Crippen LogP) is 15.5. The molecule has 0 saturated carbocycles. The van der Waals surface area contributed by atoms with Crippen molar-refractivity contribution in [1.82, 2.24) is 0 Å². The first-order valence-corrected chi connectivity index (χ1v) is 20.1. The Kier molecular flexibility index (Phi) is 7.09. The smallest absolute Gasteiger partial charge is 0.137 e. The van der Waals surface area contributed by atoms with Crippen molar-refractivity contribution in [2.24, 2.45) is 0 Å². The summed E-state index contributed by atoms with van der Waals surface area (Å²) in [6, 6.07) is 75.2. The summed E-state index contributed by atoms with van der Waals surface area (Å²) >= 11 is 0. The Balaban J connectivity index is 1.08. The van der Waals surface area contributed by atoms with Gasteiger partial charge in [0.2, 0.25) is 0 Å². The molecule has 0 radical (unpaired) electrons. The summed E-state index contributed by atoms with van der Waals surface area (Å²) in [7, 11) is 0. The Labute approximate surface area is 336 Å². The molecular formula is C56H37NO. The van der Waals surface area contributed by atoms with E-state index in [-0.39, 0.29) is 5.41 Å². The highest BCUT2D eigenvalue weighted by Gasteiger charge is 2.40. The average molecular weight is 740 g/mol. The highest BCUT2D eigenvalue weighted by Crippen LogP contribution is 2.53. The zero-order valence-corrected chi connectivity index (χ0v) is 32.0. The Morgan fingerprint density at radius 2 is 0.914 bits per heavy atom. The van der Waals surface area contributed by atoms with Crippen LogP contribution >= 0.6 is 0 Å². The number of hydrogen-bond donors (Lipinski definition) is 0. The van der Waals surface area contributed by atoms with Crippen LogP contribution < -0.4 is 4.90 Å². The normalized spacial score (nSPS) is 13.1. The van der Waals surface area contributed by atoms with Crippen molar-refractivity contribution in [1.29, 1.82) is 0 Å². The maximum absolute atomic E-state index is 6.86. The number of nitrogens with zero attached hydrogens (tertiary/aromatic N) is 1. The molecule has 0 atom stereocenters. The van der Waals surface area contributed by atoms with Crippen LogP contribution in [0.25, 0.3) is 76.5 Å². The second kappa shape index (κ2) is 12.5. The van der Waals surface area contributed by atoms with Crippen LogP contribution in [0.5, 0.6) is 0 Å². The molecular weight excluding hydrogens is 703 g/mol. The quantitative estimate of drug-likeness (QED) is 0.163. The van der Waals surface area contributed by atoms with E-state index in [0.29, 0.717) is 0 Å². The third kappa shape index (κ3) is 4.72. The summed E-state index contributed by atoms with van der Waals surface area (Å²) in [6.45, 7) is 2.36. The van der Waals surface area contributed by atoms with E-state index in [1.165, 1.54) is 71.3 Å². The lowest BCUT2D eigenvalue weighted by Gasteiger charge is -2.28. The summed E-state index contributed by atoms with van der Waals surface area (Å²) in [5, 5.41) is 9.73. The number of benzene rings is 10. The van der Waals surface area contributed by atoms with Crippen LogP contribution in [0, 0.1) is 0 Å². The summed E-state index contributed by atoms with van der Waals surface area (Å²) in [5.41, 5.74) is 13.5. The van der Waals surface area contributed by atoms with Gasteiger partial charge in [0.05, 0.1) is 11.1 Å². The topological polar surface area (TPSA) is 16.4 Å². The van der Waals surface area contributed by atoms with E-state index < -0.39 is 0 Å². The molecule has 0 N–H and O–H groups in total. The zero-order chi connectivity index (χ0) is 38.4. The Hall–Kier alpha value is -7.42. The van der Waals surface area contributed by atoms with Crippen molar-refractivity contribution in [3.05, 3.63) is 223 Å². The lowest BCUT2D eigenvalue weighted by molar-refractivity contribution is 0.662. The van der Waals surface area contributed by atoms with Crippen molar-refractivity contribution >= 4 is 71.3 Å². The minimum Gasteiger partial charge on any atom is -0.456 e. The summed E-state index contributed by atoms with van der Waals surface area (Å²) in [6.07, 6.45) is 0. The van der Waals surface area contributed by atoms with Gasteiger partial charge in [-0.2, -0.15) is 0 Å². The van der Waals surface area contributed by atoms with Gasteiger partial charge in [0.1, 0.15) is 11.2 Å². The Bertz CT molecular complexity index is 3330. The molecule has 0 bridgehead atoms. The van der Waals surface area contributed by atoms with E-state index in [9.17, 15) is 0 Å². The van der Waals surface area contributed by atoms with Crippen LogP contribution in [-0.4, -0.2) is 0 Å². The first kappa shape index (κ1) is 32.8. The highest BCUT2D eigenvalue weighted by molar-refractivity contribution is 6.26. The van der Waals surface area contributed by atoms with Gasteiger partial charge in [-0.05, 0) is 121 Å². The third-order valence-electron chi connectivity index (χ3n) is 12.7. The molecule has 0 aliphatic heterocycles. The number of anilines is 3. The molecule has 0 amide bonds. The first-order chi connectivity index (χ1) is 28.6. The van der Waals surface area contributed by atoms with Crippen LogP contribution in [0.3, 0.4) is 0 Å². The molecule has 1 aliphatic carbocycles. The zero-order valence-electron chi connectivity index (χ0n) is 32.0. The van der Waals surface area contributed by atoms with E-state index in [2.05, 4.69) is 218 Å². The summed E-state index contributed by atoms with van der Waals surface area (Å²) in [4.78, 5) is 2.41. The molecule has 0 saturated heterocycles. The summed E-state index contributed by atoms with van der Waals surface area (Å²) in [5.74, 6) is 0. The SMILES string of the molecule is CC1(c2ccc3c(c2)oc2cccc(N(c4ccc(-c5ccccc5)cc4)c4ccc5c6ccccc6c6ccccc6c5c4)c23)c2ccccc2-c2ccccc21. The average Bonchev–Trinajstić information content (AvgIpc) is 3.80. The molecule has 2 heteroatoms. The maximum atomic E-state index is 6.86. The fourth-order valence-electron chi connectivity index (χ4n) is 9.96. The van der Waals surface area contributed by atoms with E-state index in [1.54, 1.807) is 0 Å². The second-order valence-electron chi connectivity index (χ2n) is 15.7. The number of hydrogen-bond acceptors (Lipinski definition) is 2. The first-order valence-electron chi connectivity index (χ1n) is 20.1. The Morgan fingerprint density at radius 3 is 1.59 bits per heavy atom. The third-order valence-corrected chi connectivity index (χ3v) is 12.7. The van der Waals surface area contributed by atoms with Gasteiger partial charge in [-0.3, -0.25) is 0 Å². The fraction of sp³-hybridized carbons (Fsp3) is 0.0357. The predicted molar refractivity (Wildman–Crippen MR) is 244 cm³/mol. The second-order valence-corrected chi connectivity index (χ2v) is 15.7. The maximum Gasteiger partial charge on any atom is 0.137 e. The van der Waals surface area contributed by atoms with Gasteiger partial charge in [-0.1, -0.05) is 164 Å². The van der Waals surface area contributed by atoms with Crippen LogP contribution in [-0.2, 0) is 5.41 Å². The van der Waals surface area contributed by atoms with Gasteiger partial charge >= 0.3 is 0 Å². The van der Waals surface area contributed by atoms with Gasteiger partial charge in [0, 0.05) is 22.2 Å². The largest absolute Gasteiger partial charge is 0.456 e. The number of furan rings is 1. The van der Waals surface area contributed by atoms with Gasteiger partial charge in [0.15, 0.2) is 0 Å². The number of fused-ring (bicyclic) bond motifs is 12. The standard InChI is InChI=1S/C56H37NO/c1-56(50-22-11-9-20-46(50)47-21-10-12-23-51(47)56)38-28-32-48-54(34-38)58-53-25-13-24-52(55(48)53)57(39-29-26-37(27-30-39)36-14-3-2-4-15-36)40-31-33-45-43-18-6-5-16-41(43)42-17-7-8-19-44(42)49(45)35-40/h2-35H,1H3. The summed E-state index contributed by atoms with van der Waals surface area (Å²) < 4.78 is 6.86. The van der Waals surface area contributed by atoms with Crippen molar-refractivity contribution < 1.29 is 4.42 Å². The van der Waals surface area contributed by atoms with Crippen LogP contribution in [0.2, 0.25) is 0 Å². The molecule has 58 heavy (non-hydrogen) atoms. The van der Waals surface area contributed by atoms with Crippen LogP contribution in [0.4, 0.5) is 17.1 Å². The van der Waals surface area contributed by atoms with Gasteiger partial charge in [-0.25, -0.2) is 0 Å². The van der Waals surface area contributed by atoms with Crippen molar-refractivity contribution in [3.8, 4) is 22.3 Å². The van der Waals surface area contributed by atoms with Gasteiger partial charge < -0.3 is 9.32 Å². The minimum absolute atomic E-state index is 0.312. The molecule has 0 unspecified atom stereocenters. The van der Waals surface area contributed by atoms with E-state index in [0.717, 1.165) is 39.0 Å². The van der Waals surface area contributed by atoms with Crippen molar-refractivity contribution in [3.63, 3.8) is 0 Å². The molecule has 1 aliphatic rings. The molecule has 1 aromatic heterocycles. The van der Waals surface area contributed by atoms with Crippen LogP contribution in [0.15, 0.2) is 211 Å². The molecule has 272 valence electrons. The molecule has 1 heterocycles. The molecule has 0 fully saturated rings. The van der Waals surface area contributed by atoms with E-state index in [1.807, 2.05) is 0 Å². The van der Waals surface area contributed by atoms with Gasteiger partial charge in [0.25, 0.3) is 0 Å². The number of rotatable bonds is 5. The lowest BCUT2D eigenvalue weighted by atomic mass is 9.74. The highest BCUT2D eigenvalue weighted by atomic mass is 16.3. The molecule has 11 aromatic rings. The van der Waals surface area contributed by atoms with E-state index >= 15 is 0 Å². The molecule has 10 aromatic carbocycles. The van der Waals surface area contributed by atoms with Gasteiger partial charge in [-0.15, -0.1) is 0 Å². The molecule has 0 spiro atoms. The monoisotopic (exact) mass is 739 g/mol. The lowest BCUT2D eigenvalue weighted by Crippen LogP contribution is -2.22. The van der Waals surface area contributed by atoms with Crippen molar-refractivity contribution in [2.75, 3.05) is 4.90 Å². The minimum atomic E-state index is -0.312. The Morgan fingerprint density at radius 1 is 0.379 bits per heavy atom. The van der Waals surface area contributed by atoms with Crippen molar-refractivity contribution in [2.45, 2.75) is 12.3 Å². The molecule has 2 nitrogen and oxygen atoms in total. The van der Waals surface area contributed by atoms with E-state index in [4.69, 9.17) is 4.42 Å². The fourth-order valence-corrected chi connectivity index (χ4v) is 9.96. The van der Waals surface area contributed by atoms with Crippen LogP contribution in [0.1, 0.15) is 23.6 Å². The molecule has 12 rings (SSSR count).